The first kappa shape index (κ1) is 14.9. The van der Waals surface area contributed by atoms with Gasteiger partial charge in [-0.15, -0.1) is 0 Å². The first-order valence-corrected chi connectivity index (χ1v) is 9.52. The van der Waals surface area contributed by atoms with Gasteiger partial charge in [-0.25, -0.2) is 8.42 Å². The standard InChI is InChI=1S/C13H18N2O4S2/c16-15(17)12-7-8-13(20-12)21(18,19)14-9-3-5-10-4-1-2-6-11(10)14/h7-8,10-11H,1-6,9H2/t10-,11-/m1/s1. The maximum atomic E-state index is 12.8. The Morgan fingerprint density at radius 2 is 1.90 bits per heavy atom. The first-order chi connectivity index (χ1) is 10.00. The van der Waals surface area contributed by atoms with Crippen molar-refractivity contribution in [1.29, 1.82) is 0 Å². The van der Waals surface area contributed by atoms with Gasteiger partial charge in [-0.2, -0.15) is 4.31 Å². The molecule has 6 nitrogen and oxygen atoms in total. The van der Waals surface area contributed by atoms with Gasteiger partial charge >= 0.3 is 5.00 Å². The molecule has 1 saturated carbocycles. The summed E-state index contributed by atoms with van der Waals surface area (Å²) in [5, 5.41) is 10.6. The summed E-state index contributed by atoms with van der Waals surface area (Å²) in [7, 11) is -3.60. The van der Waals surface area contributed by atoms with Crippen molar-refractivity contribution in [2.75, 3.05) is 6.54 Å². The molecule has 3 rings (SSSR count). The average Bonchev–Trinajstić information content (AvgIpc) is 2.97. The highest BCUT2D eigenvalue weighted by Gasteiger charge is 2.40. The van der Waals surface area contributed by atoms with E-state index in [-0.39, 0.29) is 15.3 Å². The molecule has 116 valence electrons. The predicted molar refractivity (Wildman–Crippen MR) is 79.8 cm³/mol. The van der Waals surface area contributed by atoms with E-state index in [4.69, 9.17) is 0 Å². The van der Waals surface area contributed by atoms with Crippen molar-refractivity contribution in [1.82, 2.24) is 4.31 Å². The van der Waals surface area contributed by atoms with Gasteiger partial charge in [0.25, 0.3) is 10.0 Å². The van der Waals surface area contributed by atoms with Gasteiger partial charge in [0.1, 0.15) is 4.21 Å². The highest BCUT2D eigenvalue weighted by Crippen LogP contribution is 2.39. The number of thiophene rings is 1. The van der Waals surface area contributed by atoms with Gasteiger partial charge in [0.05, 0.1) is 4.92 Å². The maximum absolute atomic E-state index is 12.8. The normalized spacial score (nSPS) is 27.2. The summed E-state index contributed by atoms with van der Waals surface area (Å²) >= 11 is 0.752. The van der Waals surface area contributed by atoms with Crippen molar-refractivity contribution in [2.45, 2.75) is 48.8 Å². The van der Waals surface area contributed by atoms with Gasteiger partial charge in [0.2, 0.25) is 0 Å². The summed E-state index contributed by atoms with van der Waals surface area (Å²) in [5.41, 5.74) is 0. The maximum Gasteiger partial charge on any atom is 0.325 e. The van der Waals surface area contributed by atoms with Crippen molar-refractivity contribution in [3.63, 3.8) is 0 Å². The molecule has 2 heterocycles. The van der Waals surface area contributed by atoms with E-state index in [1.807, 2.05) is 0 Å². The lowest BCUT2D eigenvalue weighted by molar-refractivity contribution is -0.380. The molecular formula is C13H18N2O4S2. The quantitative estimate of drug-likeness (QED) is 0.630. The molecule has 1 saturated heterocycles. The number of sulfonamides is 1. The van der Waals surface area contributed by atoms with Crippen molar-refractivity contribution >= 4 is 26.4 Å². The van der Waals surface area contributed by atoms with E-state index in [1.54, 1.807) is 4.31 Å². The Labute approximate surface area is 128 Å². The molecule has 1 aromatic heterocycles. The van der Waals surface area contributed by atoms with Crippen molar-refractivity contribution in [3.8, 4) is 0 Å². The Hall–Kier alpha value is -0.990. The number of piperidine rings is 1. The summed E-state index contributed by atoms with van der Waals surface area (Å²) in [5.74, 6) is 0.456. The van der Waals surface area contributed by atoms with E-state index in [0.717, 1.165) is 43.4 Å². The molecule has 1 aliphatic heterocycles. The van der Waals surface area contributed by atoms with E-state index in [2.05, 4.69) is 0 Å². The van der Waals surface area contributed by atoms with Crippen LogP contribution < -0.4 is 0 Å². The van der Waals surface area contributed by atoms with Crippen molar-refractivity contribution < 1.29 is 13.3 Å². The zero-order chi connectivity index (χ0) is 15.0. The number of fused-ring (bicyclic) bond motifs is 1. The van der Waals surface area contributed by atoms with E-state index in [9.17, 15) is 18.5 Å². The second-order valence-corrected chi connectivity index (χ2v) is 8.90. The summed E-state index contributed by atoms with van der Waals surface area (Å²) in [4.78, 5) is 10.2. The molecule has 0 radical (unpaired) electrons. The van der Waals surface area contributed by atoms with Crippen LogP contribution >= 0.6 is 11.3 Å². The summed E-state index contributed by atoms with van der Waals surface area (Å²) in [6.45, 7) is 0.537. The summed E-state index contributed by atoms with van der Waals surface area (Å²) in [6.07, 6.45) is 6.24. The SMILES string of the molecule is O=[N+]([O-])c1ccc(S(=O)(=O)N2CCC[C@H]3CCCC[C@H]32)s1. The highest BCUT2D eigenvalue weighted by atomic mass is 32.2. The van der Waals surface area contributed by atoms with Crippen molar-refractivity contribution in [2.24, 2.45) is 5.92 Å². The molecule has 1 aliphatic carbocycles. The Kier molecular flexibility index (Phi) is 4.02. The molecule has 2 aliphatic rings. The third-order valence-corrected chi connectivity index (χ3v) is 7.93. The van der Waals surface area contributed by atoms with Crippen molar-refractivity contribution in [3.05, 3.63) is 22.2 Å². The van der Waals surface area contributed by atoms with E-state index in [1.165, 1.54) is 18.6 Å². The van der Waals surface area contributed by atoms with Crippen LogP contribution in [0.15, 0.2) is 16.3 Å². The molecule has 1 aromatic rings. The minimum Gasteiger partial charge on any atom is -0.258 e. The fraction of sp³-hybridized carbons (Fsp3) is 0.692. The second-order valence-electron chi connectivity index (χ2n) is 5.72. The molecular weight excluding hydrogens is 312 g/mol. The van der Waals surface area contributed by atoms with Gasteiger partial charge < -0.3 is 0 Å². The monoisotopic (exact) mass is 330 g/mol. The minimum absolute atomic E-state index is 0.0821. The molecule has 0 unspecified atom stereocenters. The van der Waals surface area contributed by atoms with Gasteiger partial charge in [-0.3, -0.25) is 10.1 Å². The molecule has 0 amide bonds. The Bertz CT molecular complexity index is 638. The Morgan fingerprint density at radius 3 is 2.62 bits per heavy atom. The Morgan fingerprint density at radius 1 is 1.19 bits per heavy atom. The zero-order valence-electron chi connectivity index (χ0n) is 11.6. The van der Waals surface area contributed by atoms with Crippen LogP contribution in [0, 0.1) is 16.0 Å². The van der Waals surface area contributed by atoms with Crippen LogP contribution in [-0.2, 0) is 10.0 Å². The minimum atomic E-state index is -3.60. The van der Waals surface area contributed by atoms with Gasteiger partial charge in [0, 0.05) is 18.7 Å². The van der Waals surface area contributed by atoms with Gasteiger partial charge in [0.15, 0.2) is 0 Å². The third kappa shape index (κ3) is 2.72. The highest BCUT2D eigenvalue weighted by molar-refractivity contribution is 7.91. The largest absolute Gasteiger partial charge is 0.325 e. The van der Waals surface area contributed by atoms with Crippen LogP contribution in [-0.4, -0.2) is 30.2 Å². The lowest BCUT2D eigenvalue weighted by Gasteiger charge is -2.42. The molecule has 0 N–H and O–H groups in total. The molecule has 2 fully saturated rings. The summed E-state index contributed by atoms with van der Waals surface area (Å²) in [6, 6.07) is 2.73. The molecule has 0 bridgehead atoms. The topological polar surface area (TPSA) is 80.5 Å². The number of nitro groups is 1. The summed E-state index contributed by atoms with van der Waals surface area (Å²) < 4.78 is 27.3. The molecule has 0 spiro atoms. The predicted octanol–water partition coefficient (Wildman–Crippen LogP) is 3.00. The third-order valence-electron chi connectivity index (χ3n) is 4.50. The average molecular weight is 330 g/mol. The molecule has 21 heavy (non-hydrogen) atoms. The molecule has 2 atom stereocenters. The lowest BCUT2D eigenvalue weighted by atomic mass is 9.79. The van der Waals surface area contributed by atoms with Crippen LogP contribution in [0.5, 0.6) is 0 Å². The fourth-order valence-electron chi connectivity index (χ4n) is 3.54. The fourth-order valence-corrected chi connectivity index (χ4v) is 6.53. The number of hydrogen-bond acceptors (Lipinski definition) is 5. The van der Waals surface area contributed by atoms with E-state index >= 15 is 0 Å². The second kappa shape index (κ2) is 5.66. The first-order valence-electron chi connectivity index (χ1n) is 7.26. The number of nitrogens with zero attached hydrogens (tertiary/aromatic N) is 2. The van der Waals surface area contributed by atoms with Crippen LogP contribution in [0.4, 0.5) is 5.00 Å². The van der Waals surface area contributed by atoms with Gasteiger partial charge in [-0.05, 0) is 49.0 Å². The lowest BCUT2D eigenvalue weighted by Crippen LogP contribution is -2.49. The van der Waals surface area contributed by atoms with E-state index in [0.29, 0.717) is 12.5 Å². The van der Waals surface area contributed by atoms with Gasteiger partial charge in [-0.1, -0.05) is 12.8 Å². The number of hydrogen-bond donors (Lipinski definition) is 0. The molecule has 8 heteroatoms. The van der Waals surface area contributed by atoms with Crippen LogP contribution in [0.1, 0.15) is 38.5 Å². The Balaban J connectivity index is 1.90. The molecule has 0 aromatic carbocycles. The van der Waals surface area contributed by atoms with E-state index < -0.39 is 14.9 Å². The zero-order valence-corrected chi connectivity index (χ0v) is 13.2. The van der Waals surface area contributed by atoms with Crippen LogP contribution in [0.3, 0.4) is 0 Å². The van der Waals surface area contributed by atoms with Crippen LogP contribution in [0.25, 0.3) is 0 Å². The smallest absolute Gasteiger partial charge is 0.258 e. The number of rotatable bonds is 3. The van der Waals surface area contributed by atoms with Crippen LogP contribution in [0.2, 0.25) is 0 Å².